The molecule has 4 heteroatoms. The van der Waals surface area contributed by atoms with Crippen LogP contribution in [0, 0.1) is 5.92 Å². The number of rotatable bonds is 1. The third kappa shape index (κ3) is 5.09. The van der Waals surface area contributed by atoms with Gasteiger partial charge in [-0.1, -0.05) is 13.8 Å². The third-order valence-electron chi connectivity index (χ3n) is 0.547. The fourth-order valence-corrected chi connectivity index (χ4v) is 0.463. The second kappa shape index (κ2) is 6.08. The van der Waals surface area contributed by atoms with Crippen molar-refractivity contribution in [2.75, 3.05) is 0 Å². The van der Waals surface area contributed by atoms with Crippen LogP contribution >= 0.6 is 16.3 Å². The van der Waals surface area contributed by atoms with E-state index in [1.54, 1.807) is 13.8 Å². The van der Waals surface area contributed by atoms with E-state index < -0.39 is 0 Å². The van der Waals surface area contributed by atoms with Crippen LogP contribution in [0.15, 0.2) is 0 Å². The summed E-state index contributed by atoms with van der Waals surface area (Å²) in [6.07, 6.45) is 0. The summed E-state index contributed by atoms with van der Waals surface area (Å²) in [7, 11) is 0. The Bertz CT molecular complexity index is 74.4. The first-order chi connectivity index (χ1) is 3.18. The van der Waals surface area contributed by atoms with Crippen molar-refractivity contribution in [1.82, 2.24) is 0 Å². The van der Waals surface area contributed by atoms with Crippen molar-refractivity contribution in [2.45, 2.75) is 13.8 Å². The molecular formula is C4H8BrNaO2. The zero-order chi connectivity index (χ0) is 5.86. The van der Waals surface area contributed by atoms with Gasteiger partial charge >= 0.3 is 35.5 Å². The van der Waals surface area contributed by atoms with Crippen LogP contribution in [0.2, 0.25) is 0 Å². The molecule has 2 nitrogen and oxygen atoms in total. The topological polar surface area (TPSA) is 26.3 Å². The van der Waals surface area contributed by atoms with E-state index in [4.69, 9.17) is 0 Å². The average molecular weight is 191 g/mol. The van der Waals surface area contributed by atoms with Gasteiger partial charge in [-0.2, -0.15) is 0 Å². The van der Waals surface area contributed by atoms with Gasteiger partial charge in [0.2, 0.25) is 0 Å². The van der Waals surface area contributed by atoms with Crippen LogP contribution in [-0.2, 0) is 8.62 Å². The van der Waals surface area contributed by atoms with Crippen molar-refractivity contribution < 1.29 is 8.62 Å². The maximum atomic E-state index is 10.2. The molecule has 0 fully saturated rings. The van der Waals surface area contributed by atoms with Gasteiger partial charge in [-0.15, -0.1) is 0 Å². The number of carbonyl (C=O) groups is 1. The summed E-state index contributed by atoms with van der Waals surface area (Å²) in [6, 6.07) is 0. The standard InChI is InChI=1S/C4H7BrO2.Na.H/c1-3(2)4(6)7-5;;/h3H,1-2H3;;. The van der Waals surface area contributed by atoms with Crippen molar-refractivity contribution >= 4 is 51.8 Å². The quantitative estimate of drug-likeness (QED) is 0.574. The van der Waals surface area contributed by atoms with Gasteiger partial charge in [-0.3, -0.25) is 4.79 Å². The van der Waals surface area contributed by atoms with E-state index in [9.17, 15) is 4.79 Å². The number of hydrogen-bond acceptors (Lipinski definition) is 2. The van der Waals surface area contributed by atoms with E-state index in [0.29, 0.717) is 0 Å². The van der Waals surface area contributed by atoms with Gasteiger partial charge in [-0.05, 0) is 0 Å². The Hall–Kier alpha value is 0.950. The Labute approximate surface area is 79.7 Å². The summed E-state index contributed by atoms with van der Waals surface area (Å²) >= 11 is 2.57. The van der Waals surface area contributed by atoms with Crippen LogP contribution in [-0.4, -0.2) is 35.5 Å². The van der Waals surface area contributed by atoms with Gasteiger partial charge in [0.15, 0.2) is 16.3 Å². The molecule has 0 saturated heterocycles. The van der Waals surface area contributed by atoms with Crippen LogP contribution in [0.5, 0.6) is 0 Å². The predicted molar refractivity (Wildman–Crippen MR) is 37.0 cm³/mol. The van der Waals surface area contributed by atoms with Crippen LogP contribution < -0.4 is 0 Å². The Morgan fingerprint density at radius 3 is 2.00 bits per heavy atom. The van der Waals surface area contributed by atoms with Gasteiger partial charge in [0, 0.05) is 0 Å². The van der Waals surface area contributed by atoms with Crippen molar-refractivity contribution in [3.8, 4) is 0 Å². The molecule has 0 aromatic rings. The average Bonchev–Trinajstić information content (AvgIpc) is 1.65. The molecule has 0 amide bonds. The summed E-state index contributed by atoms with van der Waals surface area (Å²) in [6.45, 7) is 3.53. The van der Waals surface area contributed by atoms with Crippen molar-refractivity contribution in [1.29, 1.82) is 0 Å². The fraction of sp³-hybridized carbons (Fsp3) is 0.750. The number of halogens is 1. The van der Waals surface area contributed by atoms with Crippen molar-refractivity contribution in [3.63, 3.8) is 0 Å². The van der Waals surface area contributed by atoms with E-state index in [1.807, 2.05) is 0 Å². The monoisotopic (exact) mass is 190 g/mol. The van der Waals surface area contributed by atoms with Gasteiger partial charge in [0.05, 0.1) is 5.92 Å². The molecule has 0 aliphatic rings. The molecule has 44 valence electrons. The summed E-state index contributed by atoms with van der Waals surface area (Å²) in [5.41, 5.74) is 0. The maximum absolute atomic E-state index is 10.2. The minimum atomic E-state index is -0.236. The zero-order valence-corrected chi connectivity index (χ0v) is 5.86. The molecule has 0 saturated carbocycles. The molecule has 0 unspecified atom stereocenters. The molecule has 0 spiro atoms. The second-order valence-electron chi connectivity index (χ2n) is 1.55. The molecule has 0 bridgehead atoms. The van der Waals surface area contributed by atoms with E-state index in [0.717, 1.165) is 0 Å². The number of hydrogen-bond donors (Lipinski definition) is 0. The fourth-order valence-electron chi connectivity index (χ4n) is 0.0891. The van der Waals surface area contributed by atoms with Crippen LogP contribution in [0.3, 0.4) is 0 Å². The third-order valence-corrected chi connectivity index (χ3v) is 0.867. The second-order valence-corrected chi connectivity index (χ2v) is 1.87. The Kier molecular flexibility index (Phi) is 8.89. The molecule has 0 radical (unpaired) electrons. The Morgan fingerprint density at radius 1 is 1.62 bits per heavy atom. The van der Waals surface area contributed by atoms with E-state index in [1.165, 1.54) is 0 Å². The van der Waals surface area contributed by atoms with Crippen molar-refractivity contribution in [2.24, 2.45) is 5.92 Å². The Morgan fingerprint density at radius 2 is 2.00 bits per heavy atom. The molecule has 0 rings (SSSR count). The van der Waals surface area contributed by atoms with E-state index in [-0.39, 0.29) is 41.4 Å². The molecular weight excluding hydrogens is 183 g/mol. The van der Waals surface area contributed by atoms with Gasteiger partial charge in [-0.25, -0.2) is 0 Å². The first kappa shape index (κ1) is 11.7. The SMILES string of the molecule is CC(C)C(=O)OBr.[NaH]. The van der Waals surface area contributed by atoms with Crippen LogP contribution in [0.25, 0.3) is 0 Å². The molecule has 0 atom stereocenters. The van der Waals surface area contributed by atoms with Gasteiger partial charge < -0.3 is 3.83 Å². The molecule has 0 aromatic heterocycles. The Balaban J connectivity index is 0. The summed E-state index contributed by atoms with van der Waals surface area (Å²) in [5.74, 6) is -0.278. The summed E-state index contributed by atoms with van der Waals surface area (Å²) in [5, 5.41) is 0. The van der Waals surface area contributed by atoms with Crippen LogP contribution in [0.1, 0.15) is 13.8 Å². The molecule has 0 heterocycles. The van der Waals surface area contributed by atoms with Crippen LogP contribution in [0.4, 0.5) is 0 Å². The molecule has 8 heavy (non-hydrogen) atoms. The molecule has 0 aromatic carbocycles. The van der Waals surface area contributed by atoms with Crippen molar-refractivity contribution in [3.05, 3.63) is 0 Å². The summed E-state index contributed by atoms with van der Waals surface area (Å²) in [4.78, 5) is 10.2. The van der Waals surface area contributed by atoms with Gasteiger partial charge in [0.1, 0.15) is 0 Å². The minimum absolute atomic E-state index is 0. The zero-order valence-electron chi connectivity index (χ0n) is 4.27. The predicted octanol–water partition coefficient (Wildman–Crippen LogP) is 0.847. The molecule has 0 aliphatic heterocycles. The van der Waals surface area contributed by atoms with E-state index in [2.05, 4.69) is 20.1 Å². The number of carbonyl (C=O) groups excluding carboxylic acids is 1. The first-order valence-corrected chi connectivity index (χ1v) is 2.65. The first-order valence-electron chi connectivity index (χ1n) is 2.01. The van der Waals surface area contributed by atoms with Gasteiger partial charge in [0.25, 0.3) is 0 Å². The molecule has 0 aliphatic carbocycles. The molecule has 0 N–H and O–H groups in total. The normalized spacial score (nSPS) is 8.00. The summed E-state index contributed by atoms with van der Waals surface area (Å²) < 4.78 is 4.19. The van der Waals surface area contributed by atoms with E-state index >= 15 is 0 Å².